The van der Waals surface area contributed by atoms with Crippen LogP contribution >= 0.6 is 0 Å². The maximum atomic E-state index is 12.8. The lowest BCUT2D eigenvalue weighted by atomic mass is 9.95. The molecule has 0 radical (unpaired) electrons. The Kier molecular flexibility index (Phi) is 5.82. The molecule has 27 heavy (non-hydrogen) atoms. The highest BCUT2D eigenvalue weighted by atomic mass is 16.6. The third-order valence-electron chi connectivity index (χ3n) is 4.98. The molecule has 0 aromatic carbocycles. The normalized spacial score (nSPS) is 19.1. The molecule has 3 rings (SSSR count). The minimum Gasteiger partial charge on any atom is -0.444 e. The summed E-state index contributed by atoms with van der Waals surface area (Å²) in [5.74, 6) is 1.11. The average Bonchev–Trinajstić information content (AvgIpc) is 2.67. The van der Waals surface area contributed by atoms with Gasteiger partial charge >= 0.3 is 6.09 Å². The van der Waals surface area contributed by atoms with Crippen LogP contribution in [0.3, 0.4) is 0 Å². The predicted molar refractivity (Wildman–Crippen MR) is 101 cm³/mol. The van der Waals surface area contributed by atoms with E-state index in [4.69, 9.17) is 4.74 Å². The molecule has 8 heteroatoms. The number of ether oxygens (including phenoxy) is 1. The molecular formula is C19H29N5O3. The summed E-state index contributed by atoms with van der Waals surface area (Å²) in [6, 6.07) is 1.89. The van der Waals surface area contributed by atoms with E-state index < -0.39 is 5.60 Å². The van der Waals surface area contributed by atoms with Gasteiger partial charge in [0.25, 0.3) is 0 Å². The first-order valence-corrected chi connectivity index (χ1v) is 9.61. The third-order valence-corrected chi connectivity index (χ3v) is 4.98. The molecule has 2 aliphatic rings. The number of hydrogen-bond donors (Lipinski definition) is 0. The standard InChI is InChI=1S/C19H29N5O3/c1-19(2,3)27-18(26)24-8-5-15(6-9-24)17(25)23-12-10-22(11-13-23)16-4-7-20-14-21-16/h4,7,14-15H,5-6,8-13H2,1-3H3. The molecule has 0 N–H and O–H groups in total. The first-order valence-electron chi connectivity index (χ1n) is 9.61. The van der Waals surface area contributed by atoms with Gasteiger partial charge in [-0.15, -0.1) is 0 Å². The summed E-state index contributed by atoms with van der Waals surface area (Å²) in [5.41, 5.74) is -0.493. The van der Waals surface area contributed by atoms with Crippen LogP contribution in [0.4, 0.5) is 10.6 Å². The quantitative estimate of drug-likeness (QED) is 0.784. The van der Waals surface area contributed by atoms with Crippen molar-refractivity contribution in [2.75, 3.05) is 44.2 Å². The highest BCUT2D eigenvalue weighted by molar-refractivity contribution is 5.79. The molecule has 148 valence electrons. The average molecular weight is 375 g/mol. The highest BCUT2D eigenvalue weighted by Crippen LogP contribution is 2.23. The molecule has 2 amide bonds. The number of piperidine rings is 1. The Morgan fingerprint density at radius 2 is 1.70 bits per heavy atom. The van der Waals surface area contributed by atoms with Gasteiger partial charge in [0, 0.05) is 51.4 Å². The van der Waals surface area contributed by atoms with Crippen molar-refractivity contribution in [3.63, 3.8) is 0 Å². The number of carbonyl (C=O) groups excluding carboxylic acids is 2. The molecule has 0 spiro atoms. The van der Waals surface area contributed by atoms with Crippen LogP contribution in [0.2, 0.25) is 0 Å². The summed E-state index contributed by atoms with van der Waals surface area (Å²) in [7, 11) is 0. The Morgan fingerprint density at radius 3 is 2.26 bits per heavy atom. The molecular weight excluding hydrogens is 346 g/mol. The lowest BCUT2D eigenvalue weighted by molar-refractivity contribution is -0.137. The molecule has 3 heterocycles. The molecule has 0 aliphatic carbocycles. The Bertz CT molecular complexity index is 645. The zero-order valence-electron chi connectivity index (χ0n) is 16.4. The van der Waals surface area contributed by atoms with E-state index in [1.165, 1.54) is 0 Å². The second-order valence-electron chi connectivity index (χ2n) is 8.12. The Labute approximate surface area is 160 Å². The van der Waals surface area contributed by atoms with Crippen LogP contribution in [0.15, 0.2) is 18.6 Å². The minimum atomic E-state index is -0.493. The van der Waals surface area contributed by atoms with Crippen LogP contribution < -0.4 is 4.90 Å². The highest BCUT2D eigenvalue weighted by Gasteiger charge is 2.33. The molecule has 2 fully saturated rings. The largest absolute Gasteiger partial charge is 0.444 e. The number of amides is 2. The van der Waals surface area contributed by atoms with Crippen molar-refractivity contribution in [1.82, 2.24) is 19.8 Å². The van der Waals surface area contributed by atoms with Crippen molar-refractivity contribution in [2.45, 2.75) is 39.2 Å². The zero-order chi connectivity index (χ0) is 19.4. The number of anilines is 1. The van der Waals surface area contributed by atoms with Gasteiger partial charge in [0.2, 0.25) is 5.91 Å². The maximum Gasteiger partial charge on any atom is 0.410 e. The first kappa shape index (κ1) is 19.4. The van der Waals surface area contributed by atoms with E-state index in [0.717, 1.165) is 18.9 Å². The van der Waals surface area contributed by atoms with E-state index in [1.807, 2.05) is 31.7 Å². The summed E-state index contributed by atoms with van der Waals surface area (Å²) in [4.78, 5) is 39.1. The summed E-state index contributed by atoms with van der Waals surface area (Å²) >= 11 is 0. The van der Waals surface area contributed by atoms with Crippen LogP contribution in [0, 0.1) is 5.92 Å². The van der Waals surface area contributed by atoms with Crippen molar-refractivity contribution >= 4 is 17.8 Å². The number of rotatable bonds is 2. The lowest BCUT2D eigenvalue weighted by Crippen LogP contribution is -2.52. The second-order valence-corrected chi connectivity index (χ2v) is 8.12. The Hall–Kier alpha value is -2.38. The van der Waals surface area contributed by atoms with Crippen molar-refractivity contribution in [3.05, 3.63) is 18.6 Å². The fraction of sp³-hybridized carbons (Fsp3) is 0.684. The van der Waals surface area contributed by atoms with E-state index in [1.54, 1.807) is 17.4 Å². The molecule has 0 saturated carbocycles. The van der Waals surface area contributed by atoms with Gasteiger partial charge in [-0.25, -0.2) is 14.8 Å². The topological polar surface area (TPSA) is 78.9 Å². The maximum absolute atomic E-state index is 12.8. The monoisotopic (exact) mass is 375 g/mol. The number of carbonyl (C=O) groups is 2. The Balaban J connectivity index is 1.45. The lowest BCUT2D eigenvalue weighted by Gasteiger charge is -2.39. The van der Waals surface area contributed by atoms with Crippen LogP contribution in [-0.4, -0.2) is 76.6 Å². The number of piperazine rings is 1. The smallest absolute Gasteiger partial charge is 0.410 e. The van der Waals surface area contributed by atoms with E-state index in [-0.39, 0.29) is 17.9 Å². The molecule has 0 atom stereocenters. The van der Waals surface area contributed by atoms with Crippen molar-refractivity contribution in [1.29, 1.82) is 0 Å². The van der Waals surface area contributed by atoms with E-state index in [9.17, 15) is 9.59 Å². The van der Waals surface area contributed by atoms with Gasteiger partial charge in [-0.2, -0.15) is 0 Å². The van der Waals surface area contributed by atoms with Gasteiger partial charge in [0.15, 0.2) is 0 Å². The van der Waals surface area contributed by atoms with Gasteiger partial charge in [-0.3, -0.25) is 4.79 Å². The van der Waals surface area contributed by atoms with Crippen molar-refractivity contribution in [2.24, 2.45) is 5.92 Å². The summed E-state index contributed by atoms with van der Waals surface area (Å²) < 4.78 is 5.42. The van der Waals surface area contributed by atoms with E-state index in [0.29, 0.717) is 39.0 Å². The fourth-order valence-corrected chi connectivity index (χ4v) is 3.52. The molecule has 8 nitrogen and oxygen atoms in total. The summed E-state index contributed by atoms with van der Waals surface area (Å²) in [6.45, 7) is 9.70. The van der Waals surface area contributed by atoms with Crippen molar-refractivity contribution < 1.29 is 14.3 Å². The molecule has 2 aliphatic heterocycles. The number of likely N-dealkylation sites (tertiary alicyclic amines) is 1. The molecule has 1 aromatic rings. The fourth-order valence-electron chi connectivity index (χ4n) is 3.52. The van der Waals surface area contributed by atoms with Crippen LogP contribution in [0.25, 0.3) is 0 Å². The molecule has 0 bridgehead atoms. The predicted octanol–water partition coefficient (Wildman–Crippen LogP) is 1.77. The SMILES string of the molecule is CC(C)(C)OC(=O)N1CCC(C(=O)N2CCN(c3ccncn3)CC2)CC1. The molecule has 2 saturated heterocycles. The molecule has 0 unspecified atom stereocenters. The van der Waals surface area contributed by atoms with Crippen LogP contribution in [0.5, 0.6) is 0 Å². The van der Waals surface area contributed by atoms with E-state index in [2.05, 4.69) is 14.9 Å². The van der Waals surface area contributed by atoms with Gasteiger partial charge < -0.3 is 19.4 Å². The van der Waals surface area contributed by atoms with Gasteiger partial charge in [0.05, 0.1) is 0 Å². The van der Waals surface area contributed by atoms with Gasteiger partial charge in [-0.05, 0) is 39.7 Å². The molecule has 1 aromatic heterocycles. The minimum absolute atomic E-state index is 0.00529. The van der Waals surface area contributed by atoms with Crippen molar-refractivity contribution in [3.8, 4) is 0 Å². The van der Waals surface area contributed by atoms with E-state index >= 15 is 0 Å². The number of aromatic nitrogens is 2. The van der Waals surface area contributed by atoms with Gasteiger partial charge in [0.1, 0.15) is 17.7 Å². The number of nitrogens with zero attached hydrogens (tertiary/aromatic N) is 5. The Morgan fingerprint density at radius 1 is 1.04 bits per heavy atom. The first-order chi connectivity index (χ1) is 12.8. The zero-order valence-corrected chi connectivity index (χ0v) is 16.4. The van der Waals surface area contributed by atoms with Crippen LogP contribution in [-0.2, 0) is 9.53 Å². The number of hydrogen-bond acceptors (Lipinski definition) is 6. The second kappa shape index (κ2) is 8.10. The van der Waals surface area contributed by atoms with Crippen LogP contribution in [0.1, 0.15) is 33.6 Å². The van der Waals surface area contributed by atoms with Gasteiger partial charge in [-0.1, -0.05) is 0 Å². The summed E-state index contributed by atoms with van der Waals surface area (Å²) in [6.07, 6.45) is 4.39. The third kappa shape index (κ3) is 5.08. The summed E-state index contributed by atoms with van der Waals surface area (Å²) in [5, 5.41) is 0.